The quantitative estimate of drug-likeness (QED) is 0.857. The first-order valence-electron chi connectivity index (χ1n) is 8.66. The number of aliphatic hydroxyl groups is 1. The van der Waals surface area contributed by atoms with Crippen molar-refractivity contribution in [3.05, 3.63) is 54.1 Å². The summed E-state index contributed by atoms with van der Waals surface area (Å²) in [7, 11) is 0. The first-order chi connectivity index (χ1) is 11.6. The lowest BCUT2D eigenvalue weighted by Crippen LogP contribution is -2.38. The van der Waals surface area contributed by atoms with E-state index in [1.165, 1.54) is 5.56 Å². The Balaban J connectivity index is 1.51. The van der Waals surface area contributed by atoms with Crippen LogP contribution in [0.4, 0.5) is 0 Å². The number of aromatic nitrogens is 2. The molecule has 1 aliphatic carbocycles. The van der Waals surface area contributed by atoms with E-state index in [1.807, 2.05) is 22.9 Å². The second kappa shape index (κ2) is 7.62. The SMILES string of the molecule is O=C(CC1(O)CCCCC1)NCc1cccc(Cn2ccnc2)c1. The summed E-state index contributed by atoms with van der Waals surface area (Å²) < 4.78 is 2.01. The Morgan fingerprint density at radius 3 is 2.79 bits per heavy atom. The summed E-state index contributed by atoms with van der Waals surface area (Å²) in [6, 6.07) is 8.17. The molecular weight excluding hydrogens is 302 g/mol. The molecule has 0 aliphatic heterocycles. The molecule has 1 aromatic carbocycles. The third kappa shape index (κ3) is 4.68. The van der Waals surface area contributed by atoms with E-state index in [2.05, 4.69) is 22.4 Å². The molecule has 3 rings (SSSR count). The number of amides is 1. The highest BCUT2D eigenvalue weighted by atomic mass is 16.3. The number of benzene rings is 1. The van der Waals surface area contributed by atoms with E-state index in [4.69, 9.17) is 0 Å². The number of nitrogens with zero attached hydrogens (tertiary/aromatic N) is 2. The molecule has 0 atom stereocenters. The van der Waals surface area contributed by atoms with E-state index in [0.717, 1.165) is 44.2 Å². The van der Waals surface area contributed by atoms with Crippen molar-refractivity contribution in [1.29, 1.82) is 0 Å². The van der Waals surface area contributed by atoms with Crippen LogP contribution in [0, 0.1) is 0 Å². The van der Waals surface area contributed by atoms with Crippen molar-refractivity contribution < 1.29 is 9.90 Å². The molecule has 24 heavy (non-hydrogen) atoms. The summed E-state index contributed by atoms with van der Waals surface area (Å²) in [5, 5.41) is 13.4. The van der Waals surface area contributed by atoms with E-state index in [-0.39, 0.29) is 12.3 Å². The number of carbonyl (C=O) groups is 1. The van der Waals surface area contributed by atoms with Crippen LogP contribution in [0.5, 0.6) is 0 Å². The summed E-state index contributed by atoms with van der Waals surface area (Å²) >= 11 is 0. The molecule has 1 amide bonds. The van der Waals surface area contributed by atoms with Gasteiger partial charge in [-0.25, -0.2) is 4.98 Å². The largest absolute Gasteiger partial charge is 0.389 e. The van der Waals surface area contributed by atoms with Crippen molar-refractivity contribution >= 4 is 5.91 Å². The molecule has 5 nitrogen and oxygen atoms in total. The van der Waals surface area contributed by atoms with Gasteiger partial charge in [0.25, 0.3) is 0 Å². The number of hydrogen-bond donors (Lipinski definition) is 2. The summed E-state index contributed by atoms with van der Waals surface area (Å²) in [5.41, 5.74) is 1.44. The second-order valence-electron chi connectivity index (χ2n) is 6.79. The zero-order valence-corrected chi connectivity index (χ0v) is 13.9. The zero-order chi connectivity index (χ0) is 16.8. The van der Waals surface area contributed by atoms with Gasteiger partial charge in [-0.1, -0.05) is 43.5 Å². The van der Waals surface area contributed by atoms with Crippen molar-refractivity contribution in [2.75, 3.05) is 0 Å². The average molecular weight is 327 g/mol. The Morgan fingerprint density at radius 1 is 1.25 bits per heavy atom. The lowest BCUT2D eigenvalue weighted by atomic mass is 9.82. The third-order valence-electron chi connectivity index (χ3n) is 4.68. The maximum Gasteiger partial charge on any atom is 0.223 e. The van der Waals surface area contributed by atoms with Gasteiger partial charge in [0.1, 0.15) is 0 Å². The number of imidazole rings is 1. The lowest BCUT2D eigenvalue weighted by molar-refractivity contribution is -0.127. The maximum atomic E-state index is 12.1. The highest BCUT2D eigenvalue weighted by molar-refractivity contribution is 5.77. The van der Waals surface area contributed by atoms with Crippen molar-refractivity contribution in [2.45, 2.75) is 57.2 Å². The monoisotopic (exact) mass is 327 g/mol. The molecule has 1 aromatic heterocycles. The van der Waals surface area contributed by atoms with Gasteiger partial charge in [-0.3, -0.25) is 4.79 Å². The minimum atomic E-state index is -0.800. The fourth-order valence-electron chi connectivity index (χ4n) is 3.38. The molecule has 1 saturated carbocycles. The van der Waals surface area contributed by atoms with E-state index >= 15 is 0 Å². The molecule has 2 aromatic rings. The molecule has 1 heterocycles. The highest BCUT2D eigenvalue weighted by Crippen LogP contribution is 2.30. The smallest absolute Gasteiger partial charge is 0.223 e. The summed E-state index contributed by atoms with van der Waals surface area (Å²) in [5.74, 6) is -0.0700. The van der Waals surface area contributed by atoms with Gasteiger partial charge in [-0.15, -0.1) is 0 Å². The van der Waals surface area contributed by atoms with Crippen LogP contribution in [0.3, 0.4) is 0 Å². The van der Waals surface area contributed by atoms with Crippen LogP contribution in [0.2, 0.25) is 0 Å². The van der Waals surface area contributed by atoms with Gasteiger partial charge in [0, 0.05) is 25.5 Å². The molecular formula is C19H25N3O2. The maximum absolute atomic E-state index is 12.1. The molecule has 2 N–H and O–H groups in total. The van der Waals surface area contributed by atoms with Crippen molar-refractivity contribution in [3.8, 4) is 0 Å². The zero-order valence-electron chi connectivity index (χ0n) is 13.9. The molecule has 0 bridgehead atoms. The molecule has 1 fully saturated rings. The van der Waals surface area contributed by atoms with Crippen LogP contribution in [0.1, 0.15) is 49.7 Å². The fraction of sp³-hybridized carbons (Fsp3) is 0.474. The number of carbonyl (C=O) groups excluding carboxylic acids is 1. The summed E-state index contributed by atoms with van der Waals surface area (Å²) in [6.07, 6.45) is 10.4. The Kier molecular flexibility index (Phi) is 5.30. The number of hydrogen-bond acceptors (Lipinski definition) is 3. The van der Waals surface area contributed by atoms with Gasteiger partial charge < -0.3 is 15.0 Å². The Labute approximate surface area is 142 Å². The van der Waals surface area contributed by atoms with E-state index in [0.29, 0.717) is 6.54 Å². The predicted molar refractivity (Wildman–Crippen MR) is 92.3 cm³/mol. The van der Waals surface area contributed by atoms with Crippen molar-refractivity contribution in [2.24, 2.45) is 0 Å². The van der Waals surface area contributed by atoms with Gasteiger partial charge >= 0.3 is 0 Å². The Hall–Kier alpha value is -2.14. The molecule has 0 radical (unpaired) electrons. The molecule has 0 spiro atoms. The lowest BCUT2D eigenvalue weighted by Gasteiger charge is -2.31. The molecule has 0 unspecified atom stereocenters. The molecule has 0 saturated heterocycles. The van der Waals surface area contributed by atoms with Crippen LogP contribution in [-0.4, -0.2) is 26.2 Å². The third-order valence-corrected chi connectivity index (χ3v) is 4.68. The molecule has 5 heteroatoms. The van der Waals surface area contributed by atoms with Gasteiger partial charge in [0.05, 0.1) is 18.3 Å². The topological polar surface area (TPSA) is 67.2 Å². The van der Waals surface area contributed by atoms with E-state index < -0.39 is 5.60 Å². The van der Waals surface area contributed by atoms with Gasteiger partial charge in [-0.05, 0) is 24.0 Å². The van der Waals surface area contributed by atoms with Crippen LogP contribution in [0.25, 0.3) is 0 Å². The van der Waals surface area contributed by atoms with Crippen LogP contribution >= 0.6 is 0 Å². The van der Waals surface area contributed by atoms with E-state index in [9.17, 15) is 9.90 Å². The van der Waals surface area contributed by atoms with E-state index in [1.54, 1.807) is 12.5 Å². The first kappa shape index (κ1) is 16.7. The van der Waals surface area contributed by atoms with Gasteiger partial charge in [-0.2, -0.15) is 0 Å². The number of nitrogens with one attached hydrogen (secondary N) is 1. The average Bonchev–Trinajstić information content (AvgIpc) is 3.06. The Morgan fingerprint density at radius 2 is 2.04 bits per heavy atom. The normalized spacial score (nSPS) is 16.7. The van der Waals surface area contributed by atoms with Crippen LogP contribution in [-0.2, 0) is 17.9 Å². The van der Waals surface area contributed by atoms with Gasteiger partial charge in [0.15, 0.2) is 0 Å². The van der Waals surface area contributed by atoms with Gasteiger partial charge in [0.2, 0.25) is 5.91 Å². The van der Waals surface area contributed by atoms with Crippen molar-refractivity contribution in [3.63, 3.8) is 0 Å². The first-order valence-corrected chi connectivity index (χ1v) is 8.66. The second-order valence-corrected chi connectivity index (χ2v) is 6.79. The summed E-state index contributed by atoms with van der Waals surface area (Å²) in [6.45, 7) is 1.26. The fourth-order valence-corrected chi connectivity index (χ4v) is 3.38. The van der Waals surface area contributed by atoms with Crippen LogP contribution < -0.4 is 5.32 Å². The predicted octanol–water partition coefficient (Wildman–Crippen LogP) is 2.63. The molecule has 128 valence electrons. The standard InChI is InChI=1S/C19H25N3O2/c23-18(12-19(24)7-2-1-3-8-19)21-13-16-5-4-6-17(11-16)14-22-10-9-20-15-22/h4-6,9-11,15,24H,1-3,7-8,12-14H2,(H,21,23). The molecule has 1 aliphatic rings. The van der Waals surface area contributed by atoms with Crippen molar-refractivity contribution in [1.82, 2.24) is 14.9 Å². The highest BCUT2D eigenvalue weighted by Gasteiger charge is 2.31. The minimum absolute atomic E-state index is 0.0700. The number of rotatable bonds is 6. The van der Waals surface area contributed by atoms with Crippen LogP contribution in [0.15, 0.2) is 43.0 Å². The summed E-state index contributed by atoms with van der Waals surface area (Å²) in [4.78, 5) is 16.2. The minimum Gasteiger partial charge on any atom is -0.389 e. The Bertz CT molecular complexity index is 661.